The lowest BCUT2D eigenvalue weighted by atomic mass is 9.96. The normalized spacial score (nSPS) is 14.8. The Balaban J connectivity index is 2.78. The van der Waals surface area contributed by atoms with Crippen LogP contribution < -0.4 is 5.32 Å². The van der Waals surface area contributed by atoms with Gasteiger partial charge in [0.05, 0.1) is 16.4 Å². The van der Waals surface area contributed by atoms with Crippen LogP contribution in [0.25, 0.3) is 0 Å². The van der Waals surface area contributed by atoms with Crippen LogP contribution in [0.3, 0.4) is 0 Å². The van der Waals surface area contributed by atoms with Crippen molar-refractivity contribution in [1.82, 2.24) is 15.1 Å². The Morgan fingerprint density at radius 3 is 2.50 bits per heavy atom. The van der Waals surface area contributed by atoms with Gasteiger partial charge in [-0.1, -0.05) is 38.8 Å². The van der Waals surface area contributed by atoms with Crippen molar-refractivity contribution in [3.05, 3.63) is 16.4 Å². The quantitative estimate of drug-likeness (QED) is 0.825. The fourth-order valence-electron chi connectivity index (χ4n) is 2.23. The standard InChI is InChI=1S/C14H26ClN3/c1-6-10(3)8-11(16-4)9-13-14(15)12(7-2)17-18(13)5/h10-11,16H,6-9H2,1-5H3. The van der Waals surface area contributed by atoms with Crippen molar-refractivity contribution in [2.75, 3.05) is 7.05 Å². The van der Waals surface area contributed by atoms with E-state index in [1.54, 1.807) is 0 Å². The first kappa shape index (κ1) is 15.5. The number of aryl methyl sites for hydroxylation is 2. The molecule has 2 unspecified atom stereocenters. The largest absolute Gasteiger partial charge is 0.317 e. The predicted molar refractivity (Wildman–Crippen MR) is 78.2 cm³/mol. The molecule has 0 saturated carbocycles. The molecule has 0 aliphatic carbocycles. The zero-order chi connectivity index (χ0) is 13.7. The first-order chi connectivity index (χ1) is 8.53. The van der Waals surface area contributed by atoms with Crippen LogP contribution in [-0.4, -0.2) is 22.9 Å². The van der Waals surface area contributed by atoms with Crippen LogP contribution in [0.2, 0.25) is 5.02 Å². The van der Waals surface area contributed by atoms with Crippen molar-refractivity contribution in [2.24, 2.45) is 13.0 Å². The van der Waals surface area contributed by atoms with E-state index in [0.29, 0.717) is 6.04 Å². The van der Waals surface area contributed by atoms with Gasteiger partial charge in [-0.05, 0) is 25.8 Å². The molecule has 0 aliphatic heterocycles. The summed E-state index contributed by atoms with van der Waals surface area (Å²) >= 11 is 6.39. The lowest BCUT2D eigenvalue weighted by Gasteiger charge is -2.20. The van der Waals surface area contributed by atoms with Crippen LogP contribution in [0, 0.1) is 5.92 Å². The second-order valence-electron chi connectivity index (χ2n) is 5.12. The van der Waals surface area contributed by atoms with E-state index in [1.165, 1.54) is 12.8 Å². The summed E-state index contributed by atoms with van der Waals surface area (Å²) in [6.07, 6.45) is 4.24. The average molecular weight is 272 g/mol. The van der Waals surface area contributed by atoms with Crippen LogP contribution in [0.15, 0.2) is 0 Å². The number of nitrogens with one attached hydrogen (secondary N) is 1. The fourth-order valence-corrected chi connectivity index (χ4v) is 2.60. The van der Waals surface area contributed by atoms with Crippen molar-refractivity contribution < 1.29 is 0 Å². The molecule has 0 bridgehead atoms. The molecule has 1 aromatic rings. The van der Waals surface area contributed by atoms with Crippen molar-refractivity contribution in [3.63, 3.8) is 0 Å². The molecule has 0 radical (unpaired) electrons. The molecule has 1 N–H and O–H groups in total. The molecule has 0 aromatic carbocycles. The summed E-state index contributed by atoms with van der Waals surface area (Å²) in [4.78, 5) is 0. The van der Waals surface area contributed by atoms with Gasteiger partial charge in [0.2, 0.25) is 0 Å². The maximum absolute atomic E-state index is 6.39. The maximum atomic E-state index is 6.39. The molecule has 18 heavy (non-hydrogen) atoms. The van der Waals surface area contributed by atoms with Gasteiger partial charge in [-0.15, -0.1) is 0 Å². The van der Waals surface area contributed by atoms with Crippen molar-refractivity contribution in [1.29, 1.82) is 0 Å². The summed E-state index contributed by atoms with van der Waals surface area (Å²) in [5.41, 5.74) is 2.16. The van der Waals surface area contributed by atoms with E-state index in [9.17, 15) is 0 Å². The Morgan fingerprint density at radius 1 is 1.39 bits per heavy atom. The van der Waals surface area contributed by atoms with Crippen molar-refractivity contribution in [3.8, 4) is 0 Å². The molecular weight excluding hydrogens is 246 g/mol. The van der Waals surface area contributed by atoms with Gasteiger partial charge in [-0.3, -0.25) is 4.68 Å². The van der Waals surface area contributed by atoms with Gasteiger partial charge < -0.3 is 5.32 Å². The molecule has 3 nitrogen and oxygen atoms in total. The van der Waals surface area contributed by atoms with Crippen LogP contribution >= 0.6 is 11.6 Å². The second kappa shape index (κ2) is 7.15. The summed E-state index contributed by atoms with van der Waals surface area (Å²) < 4.78 is 1.93. The molecule has 1 heterocycles. The van der Waals surface area contributed by atoms with Gasteiger partial charge >= 0.3 is 0 Å². The Kier molecular flexibility index (Phi) is 6.16. The van der Waals surface area contributed by atoms with E-state index in [2.05, 4.69) is 31.2 Å². The minimum atomic E-state index is 0.470. The SMILES string of the molecule is CCc1nn(C)c(CC(CC(C)CC)NC)c1Cl. The van der Waals surface area contributed by atoms with Crippen molar-refractivity contribution in [2.45, 2.75) is 52.5 Å². The van der Waals surface area contributed by atoms with E-state index >= 15 is 0 Å². The predicted octanol–water partition coefficient (Wildman–Crippen LogP) is 3.20. The molecule has 0 amide bonds. The smallest absolute Gasteiger partial charge is 0.0850 e. The number of rotatable bonds is 7. The van der Waals surface area contributed by atoms with Gasteiger partial charge in [0.15, 0.2) is 0 Å². The Labute approximate surface area is 116 Å². The zero-order valence-corrected chi connectivity index (χ0v) is 13.0. The number of halogens is 1. The number of likely N-dealkylation sites (N-methyl/N-ethyl adjacent to an activating group) is 1. The highest BCUT2D eigenvalue weighted by atomic mass is 35.5. The third-order valence-electron chi connectivity index (χ3n) is 3.73. The molecular formula is C14H26ClN3. The molecule has 0 spiro atoms. The zero-order valence-electron chi connectivity index (χ0n) is 12.3. The van der Waals surface area contributed by atoms with Gasteiger partial charge in [0, 0.05) is 19.5 Å². The summed E-state index contributed by atoms with van der Waals surface area (Å²) in [5, 5.41) is 8.72. The van der Waals surface area contributed by atoms with Crippen LogP contribution in [-0.2, 0) is 19.9 Å². The lowest BCUT2D eigenvalue weighted by Crippen LogP contribution is -2.30. The van der Waals surface area contributed by atoms with Crippen molar-refractivity contribution >= 4 is 11.6 Å². The Morgan fingerprint density at radius 2 is 2.06 bits per heavy atom. The van der Waals surface area contributed by atoms with E-state index in [0.717, 1.165) is 35.2 Å². The Bertz CT molecular complexity index is 373. The van der Waals surface area contributed by atoms with E-state index in [4.69, 9.17) is 11.6 Å². The molecule has 1 aromatic heterocycles. The van der Waals surface area contributed by atoms with E-state index in [1.807, 2.05) is 18.8 Å². The first-order valence-corrected chi connectivity index (χ1v) is 7.28. The third kappa shape index (κ3) is 3.72. The average Bonchev–Trinajstić information content (AvgIpc) is 2.64. The number of nitrogens with zero attached hydrogens (tertiary/aromatic N) is 2. The number of hydrogen-bond donors (Lipinski definition) is 1. The van der Waals surface area contributed by atoms with Crippen LogP contribution in [0.5, 0.6) is 0 Å². The minimum absolute atomic E-state index is 0.470. The van der Waals surface area contributed by atoms with Gasteiger partial charge in [0.25, 0.3) is 0 Å². The summed E-state index contributed by atoms with van der Waals surface area (Å²) in [6.45, 7) is 6.63. The summed E-state index contributed by atoms with van der Waals surface area (Å²) in [7, 11) is 4.01. The molecule has 2 atom stereocenters. The molecule has 0 aliphatic rings. The highest BCUT2D eigenvalue weighted by Crippen LogP contribution is 2.23. The summed E-state index contributed by atoms with van der Waals surface area (Å²) in [5.74, 6) is 0.736. The topological polar surface area (TPSA) is 29.9 Å². The Hall–Kier alpha value is -0.540. The number of aromatic nitrogens is 2. The first-order valence-electron chi connectivity index (χ1n) is 6.90. The number of hydrogen-bond acceptors (Lipinski definition) is 2. The highest BCUT2D eigenvalue weighted by molar-refractivity contribution is 6.31. The molecule has 0 saturated heterocycles. The molecule has 4 heteroatoms. The van der Waals surface area contributed by atoms with E-state index in [-0.39, 0.29) is 0 Å². The molecule has 104 valence electrons. The lowest BCUT2D eigenvalue weighted by molar-refractivity contribution is 0.404. The van der Waals surface area contributed by atoms with Crippen LogP contribution in [0.4, 0.5) is 0 Å². The van der Waals surface area contributed by atoms with Gasteiger partial charge in [-0.2, -0.15) is 5.10 Å². The third-order valence-corrected chi connectivity index (χ3v) is 4.17. The van der Waals surface area contributed by atoms with Crippen LogP contribution in [0.1, 0.15) is 45.0 Å². The fraction of sp³-hybridized carbons (Fsp3) is 0.786. The van der Waals surface area contributed by atoms with E-state index < -0.39 is 0 Å². The highest BCUT2D eigenvalue weighted by Gasteiger charge is 2.18. The molecule has 1 rings (SSSR count). The van der Waals surface area contributed by atoms with Gasteiger partial charge in [0.1, 0.15) is 0 Å². The second-order valence-corrected chi connectivity index (χ2v) is 5.50. The molecule has 0 fully saturated rings. The minimum Gasteiger partial charge on any atom is -0.317 e. The van der Waals surface area contributed by atoms with Gasteiger partial charge in [-0.25, -0.2) is 0 Å². The monoisotopic (exact) mass is 271 g/mol. The summed E-state index contributed by atoms with van der Waals surface area (Å²) in [6, 6.07) is 0.470. The maximum Gasteiger partial charge on any atom is 0.0850 e.